The molecule has 3 rings (SSSR count). The Labute approximate surface area is 161 Å². The van der Waals surface area contributed by atoms with Gasteiger partial charge in [-0.2, -0.15) is 4.98 Å². The molecule has 1 atom stereocenters. The first-order valence-corrected chi connectivity index (χ1v) is 9.64. The Morgan fingerprint density at radius 2 is 1.93 bits per heavy atom. The van der Waals surface area contributed by atoms with E-state index in [9.17, 15) is 0 Å². The molecule has 0 aliphatic carbocycles. The Balaban J connectivity index is 1.57. The van der Waals surface area contributed by atoms with E-state index >= 15 is 0 Å². The number of rotatable bonds is 8. The van der Waals surface area contributed by atoms with E-state index < -0.39 is 0 Å². The van der Waals surface area contributed by atoms with Gasteiger partial charge in [0.25, 0.3) is 0 Å². The van der Waals surface area contributed by atoms with Crippen LogP contribution in [0.15, 0.2) is 22.7 Å². The number of aromatic nitrogens is 2. The molecule has 1 aromatic carbocycles. The largest absolute Gasteiger partial charge is 0.497 e. The Hall–Kier alpha value is -2.12. The molecule has 7 nitrogen and oxygen atoms in total. The van der Waals surface area contributed by atoms with Crippen molar-refractivity contribution in [2.75, 3.05) is 40.4 Å². The second-order valence-corrected chi connectivity index (χ2v) is 6.96. The van der Waals surface area contributed by atoms with Crippen LogP contribution in [0.2, 0.25) is 0 Å². The third-order valence-corrected chi connectivity index (χ3v) is 5.15. The molecule has 148 valence electrons. The van der Waals surface area contributed by atoms with Crippen LogP contribution < -0.4 is 9.47 Å². The summed E-state index contributed by atoms with van der Waals surface area (Å²) in [5.41, 5.74) is 1.15. The highest BCUT2D eigenvalue weighted by atomic mass is 16.5. The second kappa shape index (κ2) is 9.19. The van der Waals surface area contributed by atoms with Gasteiger partial charge in [0.1, 0.15) is 11.5 Å². The van der Waals surface area contributed by atoms with Gasteiger partial charge in [0.15, 0.2) is 5.82 Å². The summed E-state index contributed by atoms with van der Waals surface area (Å²) in [6, 6.07) is 6.10. The number of aryl methyl sites for hydroxylation is 1. The number of ether oxygens (including phenoxy) is 2. The van der Waals surface area contributed by atoms with Crippen molar-refractivity contribution in [2.45, 2.75) is 39.3 Å². The second-order valence-electron chi connectivity index (χ2n) is 6.96. The highest BCUT2D eigenvalue weighted by Crippen LogP contribution is 2.26. The van der Waals surface area contributed by atoms with Crippen LogP contribution in [0.3, 0.4) is 0 Å². The van der Waals surface area contributed by atoms with Gasteiger partial charge in [0.05, 0.1) is 20.3 Å². The highest BCUT2D eigenvalue weighted by Gasteiger charge is 2.26. The summed E-state index contributed by atoms with van der Waals surface area (Å²) in [6.45, 7) is 9.03. The van der Waals surface area contributed by atoms with Gasteiger partial charge in [-0.1, -0.05) is 12.1 Å². The fourth-order valence-corrected chi connectivity index (χ4v) is 3.47. The third-order valence-electron chi connectivity index (χ3n) is 5.15. The molecule has 27 heavy (non-hydrogen) atoms. The van der Waals surface area contributed by atoms with Gasteiger partial charge < -0.3 is 14.0 Å². The molecular formula is C20H30N4O3. The summed E-state index contributed by atoms with van der Waals surface area (Å²) < 4.78 is 16.3. The van der Waals surface area contributed by atoms with Crippen LogP contribution in [-0.2, 0) is 13.0 Å². The standard InChI is InChI=1S/C20H30N4O3/c1-5-6-19-21-20(27-22-19)15(2)24-11-9-23(10-12-24)14-16-13-17(25-3)7-8-18(16)26-4/h7-8,13,15H,5-6,9-12,14H2,1-4H3. The summed E-state index contributed by atoms with van der Waals surface area (Å²) in [7, 11) is 3.40. The zero-order valence-electron chi connectivity index (χ0n) is 16.8. The SMILES string of the molecule is CCCc1noc(C(C)N2CCN(Cc3cc(OC)ccc3OC)CC2)n1. The van der Waals surface area contributed by atoms with E-state index in [1.807, 2.05) is 12.1 Å². The Kier molecular flexibility index (Phi) is 6.68. The zero-order valence-corrected chi connectivity index (χ0v) is 16.8. The van der Waals surface area contributed by atoms with Crippen molar-refractivity contribution >= 4 is 0 Å². The molecule has 0 bridgehead atoms. The predicted molar refractivity (Wildman–Crippen MR) is 103 cm³/mol. The molecule has 0 N–H and O–H groups in total. The molecule has 1 aliphatic rings. The normalized spacial score (nSPS) is 17.0. The molecule has 2 heterocycles. The van der Waals surface area contributed by atoms with E-state index in [0.717, 1.165) is 74.3 Å². The molecule has 0 spiro atoms. The predicted octanol–water partition coefficient (Wildman–Crippen LogP) is 2.92. The maximum atomic E-state index is 5.51. The van der Waals surface area contributed by atoms with Crippen molar-refractivity contribution in [3.8, 4) is 11.5 Å². The number of hydrogen-bond donors (Lipinski definition) is 0. The summed E-state index contributed by atoms with van der Waals surface area (Å²) in [4.78, 5) is 9.39. The van der Waals surface area contributed by atoms with E-state index in [1.54, 1.807) is 14.2 Å². The monoisotopic (exact) mass is 374 g/mol. The van der Waals surface area contributed by atoms with Crippen molar-refractivity contribution in [1.82, 2.24) is 19.9 Å². The van der Waals surface area contributed by atoms with Crippen LogP contribution in [0.4, 0.5) is 0 Å². The van der Waals surface area contributed by atoms with Crippen LogP contribution in [-0.4, -0.2) is 60.3 Å². The number of nitrogens with zero attached hydrogens (tertiary/aromatic N) is 4. The van der Waals surface area contributed by atoms with E-state index in [-0.39, 0.29) is 6.04 Å². The molecule has 1 aromatic heterocycles. The quantitative estimate of drug-likeness (QED) is 0.704. The minimum absolute atomic E-state index is 0.150. The van der Waals surface area contributed by atoms with Crippen molar-refractivity contribution in [3.63, 3.8) is 0 Å². The van der Waals surface area contributed by atoms with E-state index in [2.05, 4.69) is 39.9 Å². The molecule has 2 aromatic rings. The van der Waals surface area contributed by atoms with Crippen LogP contribution in [0, 0.1) is 0 Å². The van der Waals surface area contributed by atoms with Crippen LogP contribution in [0.1, 0.15) is 43.6 Å². The summed E-state index contributed by atoms with van der Waals surface area (Å²) in [6.07, 6.45) is 1.89. The Bertz CT molecular complexity index is 726. The smallest absolute Gasteiger partial charge is 0.243 e. The molecule has 0 amide bonds. The van der Waals surface area contributed by atoms with Crippen molar-refractivity contribution in [3.05, 3.63) is 35.5 Å². The fraction of sp³-hybridized carbons (Fsp3) is 0.600. The summed E-state index contributed by atoms with van der Waals surface area (Å²) in [5.74, 6) is 3.29. The maximum Gasteiger partial charge on any atom is 0.243 e. The third kappa shape index (κ3) is 4.78. The molecule has 1 saturated heterocycles. The van der Waals surface area contributed by atoms with Gasteiger partial charge in [-0.25, -0.2) is 0 Å². The lowest BCUT2D eigenvalue weighted by atomic mass is 10.1. The first-order valence-electron chi connectivity index (χ1n) is 9.64. The van der Waals surface area contributed by atoms with E-state index in [4.69, 9.17) is 14.0 Å². The van der Waals surface area contributed by atoms with Crippen LogP contribution >= 0.6 is 0 Å². The Morgan fingerprint density at radius 1 is 1.15 bits per heavy atom. The number of methoxy groups -OCH3 is 2. The number of piperazine rings is 1. The van der Waals surface area contributed by atoms with E-state index in [1.165, 1.54) is 0 Å². The van der Waals surface area contributed by atoms with E-state index in [0.29, 0.717) is 0 Å². The average Bonchev–Trinajstić information content (AvgIpc) is 3.17. The summed E-state index contributed by atoms with van der Waals surface area (Å²) in [5, 5.41) is 4.08. The molecular weight excluding hydrogens is 344 g/mol. The molecule has 0 saturated carbocycles. The molecule has 1 unspecified atom stereocenters. The lowest BCUT2D eigenvalue weighted by Crippen LogP contribution is -2.46. The zero-order chi connectivity index (χ0) is 19.2. The highest BCUT2D eigenvalue weighted by molar-refractivity contribution is 5.40. The molecule has 1 fully saturated rings. The van der Waals surface area contributed by atoms with Gasteiger partial charge in [-0.05, 0) is 31.5 Å². The number of hydrogen-bond acceptors (Lipinski definition) is 7. The van der Waals surface area contributed by atoms with Gasteiger partial charge >= 0.3 is 0 Å². The molecule has 7 heteroatoms. The Morgan fingerprint density at radius 3 is 2.59 bits per heavy atom. The minimum atomic E-state index is 0.150. The van der Waals surface area contributed by atoms with Gasteiger partial charge in [-0.15, -0.1) is 0 Å². The summed E-state index contributed by atoms with van der Waals surface area (Å²) >= 11 is 0. The van der Waals surface area contributed by atoms with Gasteiger partial charge in [-0.3, -0.25) is 9.80 Å². The fourth-order valence-electron chi connectivity index (χ4n) is 3.47. The number of benzene rings is 1. The average molecular weight is 374 g/mol. The molecule has 0 radical (unpaired) electrons. The van der Waals surface area contributed by atoms with Gasteiger partial charge in [0.2, 0.25) is 5.89 Å². The van der Waals surface area contributed by atoms with Crippen LogP contribution in [0.25, 0.3) is 0 Å². The lowest BCUT2D eigenvalue weighted by Gasteiger charge is -2.37. The molecule has 1 aliphatic heterocycles. The first-order chi connectivity index (χ1) is 13.1. The lowest BCUT2D eigenvalue weighted by molar-refractivity contribution is 0.0840. The van der Waals surface area contributed by atoms with Crippen molar-refractivity contribution in [1.29, 1.82) is 0 Å². The van der Waals surface area contributed by atoms with Crippen molar-refractivity contribution in [2.24, 2.45) is 0 Å². The topological polar surface area (TPSA) is 63.9 Å². The minimum Gasteiger partial charge on any atom is -0.497 e. The van der Waals surface area contributed by atoms with Gasteiger partial charge in [0, 0.05) is 44.7 Å². The first kappa shape index (κ1) is 19.6. The van der Waals surface area contributed by atoms with Crippen LogP contribution in [0.5, 0.6) is 11.5 Å². The maximum absolute atomic E-state index is 5.51. The van der Waals surface area contributed by atoms with Crippen molar-refractivity contribution < 1.29 is 14.0 Å².